The molecule has 0 saturated carbocycles. The summed E-state index contributed by atoms with van der Waals surface area (Å²) in [6.45, 7) is 3.42. The lowest BCUT2D eigenvalue weighted by Gasteiger charge is -2.28. The van der Waals surface area contributed by atoms with Crippen molar-refractivity contribution in [3.63, 3.8) is 0 Å². The van der Waals surface area contributed by atoms with E-state index < -0.39 is 0 Å². The zero-order chi connectivity index (χ0) is 20.5. The average Bonchev–Trinajstić information content (AvgIpc) is 2.74. The van der Waals surface area contributed by atoms with Crippen LogP contribution in [-0.2, 0) is 16.1 Å². The fourth-order valence-corrected chi connectivity index (χ4v) is 3.81. The van der Waals surface area contributed by atoms with Crippen LogP contribution in [0.15, 0.2) is 47.5 Å². The van der Waals surface area contributed by atoms with E-state index in [1.165, 1.54) is 11.8 Å². The number of carbonyl (C=O) groups excluding carboxylic acids is 2. The topological polar surface area (TPSA) is 110 Å². The van der Waals surface area contributed by atoms with Crippen LogP contribution < -0.4 is 21.3 Å². The van der Waals surface area contributed by atoms with E-state index in [9.17, 15) is 9.59 Å². The van der Waals surface area contributed by atoms with Crippen LogP contribution >= 0.6 is 11.8 Å². The maximum absolute atomic E-state index is 12.4. The van der Waals surface area contributed by atoms with Crippen molar-refractivity contribution >= 4 is 35.2 Å². The number of ether oxygens (including phenoxy) is 1. The highest BCUT2D eigenvalue weighted by Crippen LogP contribution is 2.27. The van der Waals surface area contributed by atoms with Crippen molar-refractivity contribution in [1.29, 1.82) is 0 Å². The van der Waals surface area contributed by atoms with Gasteiger partial charge in [0.2, 0.25) is 5.91 Å². The molecule has 0 aliphatic carbocycles. The smallest absolute Gasteiger partial charge is 0.319 e. The van der Waals surface area contributed by atoms with E-state index in [4.69, 9.17) is 10.5 Å². The standard InChI is InChI=1S/C20H25N5O3S/c21-18(26)6-12-29-17-4-2-1-3-16(17)24-20(27)23-14-15-5-7-22-19(13-15)25-8-10-28-11-9-25/h1-5,7,13H,6,8-12,14H2,(H2,21,26)(H2,23,24,27). The molecule has 0 bridgehead atoms. The van der Waals surface area contributed by atoms with Gasteiger partial charge in [0.15, 0.2) is 0 Å². The maximum atomic E-state index is 12.4. The minimum absolute atomic E-state index is 0.290. The SMILES string of the molecule is NC(=O)CCSc1ccccc1NC(=O)NCc1ccnc(N2CCOCC2)c1. The Balaban J connectivity index is 1.53. The molecule has 1 aromatic heterocycles. The number of nitrogens with one attached hydrogen (secondary N) is 2. The average molecular weight is 416 g/mol. The highest BCUT2D eigenvalue weighted by molar-refractivity contribution is 7.99. The summed E-state index contributed by atoms with van der Waals surface area (Å²) in [6, 6.07) is 11.0. The third-order valence-corrected chi connectivity index (χ3v) is 5.41. The number of carbonyl (C=O) groups is 2. The number of primary amides is 1. The van der Waals surface area contributed by atoms with Gasteiger partial charge in [-0.05, 0) is 29.8 Å². The molecule has 3 rings (SSSR count). The fourth-order valence-electron chi connectivity index (χ4n) is 2.84. The molecule has 154 valence electrons. The van der Waals surface area contributed by atoms with Crippen molar-refractivity contribution in [3.8, 4) is 0 Å². The van der Waals surface area contributed by atoms with Gasteiger partial charge in [-0.15, -0.1) is 11.8 Å². The molecule has 0 atom stereocenters. The van der Waals surface area contributed by atoms with Crippen LogP contribution in [0.1, 0.15) is 12.0 Å². The fraction of sp³-hybridized carbons (Fsp3) is 0.350. The van der Waals surface area contributed by atoms with E-state index in [2.05, 4.69) is 20.5 Å². The molecular weight excluding hydrogens is 390 g/mol. The molecule has 0 spiro atoms. The number of thioether (sulfide) groups is 1. The molecular formula is C20H25N5O3S. The number of rotatable bonds is 8. The number of nitrogens with zero attached hydrogens (tertiary/aromatic N) is 2. The highest BCUT2D eigenvalue weighted by Gasteiger charge is 2.13. The summed E-state index contributed by atoms with van der Waals surface area (Å²) in [5.74, 6) is 1.12. The second-order valence-electron chi connectivity index (χ2n) is 6.49. The van der Waals surface area contributed by atoms with Crippen LogP contribution in [0.5, 0.6) is 0 Å². The number of benzene rings is 1. The zero-order valence-corrected chi connectivity index (χ0v) is 16.9. The second kappa shape index (κ2) is 10.7. The molecule has 0 radical (unpaired) electrons. The summed E-state index contributed by atoms with van der Waals surface area (Å²) < 4.78 is 5.37. The normalized spacial score (nSPS) is 13.7. The molecule has 1 aromatic carbocycles. The van der Waals surface area contributed by atoms with Crippen LogP contribution in [0.2, 0.25) is 0 Å². The molecule has 29 heavy (non-hydrogen) atoms. The number of nitrogens with two attached hydrogens (primary N) is 1. The summed E-state index contributed by atoms with van der Waals surface area (Å²) >= 11 is 1.48. The lowest BCUT2D eigenvalue weighted by Crippen LogP contribution is -2.36. The molecule has 1 aliphatic heterocycles. The van der Waals surface area contributed by atoms with Gasteiger partial charge in [0.05, 0.1) is 18.9 Å². The molecule has 2 heterocycles. The van der Waals surface area contributed by atoms with Crippen LogP contribution in [-0.4, -0.2) is 49.0 Å². The van der Waals surface area contributed by atoms with Crippen molar-refractivity contribution in [1.82, 2.24) is 10.3 Å². The van der Waals surface area contributed by atoms with E-state index >= 15 is 0 Å². The third kappa shape index (κ3) is 6.65. The van der Waals surface area contributed by atoms with Gasteiger partial charge in [0, 0.05) is 42.9 Å². The van der Waals surface area contributed by atoms with Crippen LogP contribution in [0.3, 0.4) is 0 Å². The summed E-state index contributed by atoms with van der Waals surface area (Å²) in [6.07, 6.45) is 2.04. The van der Waals surface area contributed by atoms with Gasteiger partial charge >= 0.3 is 6.03 Å². The van der Waals surface area contributed by atoms with E-state index in [1.54, 1.807) is 6.20 Å². The number of para-hydroxylation sites is 1. The van der Waals surface area contributed by atoms with E-state index in [0.717, 1.165) is 29.4 Å². The third-order valence-electron chi connectivity index (χ3n) is 4.34. The Hall–Kier alpha value is -2.78. The van der Waals surface area contributed by atoms with Gasteiger partial charge < -0.3 is 26.0 Å². The van der Waals surface area contributed by atoms with Gasteiger partial charge in [-0.2, -0.15) is 0 Å². The minimum atomic E-state index is -0.338. The second-order valence-corrected chi connectivity index (χ2v) is 7.63. The van der Waals surface area contributed by atoms with E-state index in [1.807, 2.05) is 36.4 Å². The van der Waals surface area contributed by atoms with Crippen molar-refractivity contribution < 1.29 is 14.3 Å². The first-order valence-electron chi connectivity index (χ1n) is 9.44. The number of pyridine rings is 1. The summed E-state index contributed by atoms with van der Waals surface area (Å²) in [4.78, 5) is 30.8. The van der Waals surface area contributed by atoms with E-state index in [0.29, 0.717) is 37.6 Å². The Morgan fingerprint density at radius 1 is 1.21 bits per heavy atom. The van der Waals surface area contributed by atoms with E-state index in [-0.39, 0.29) is 11.9 Å². The Kier molecular flexibility index (Phi) is 7.71. The summed E-state index contributed by atoms with van der Waals surface area (Å²) in [7, 11) is 0. The summed E-state index contributed by atoms with van der Waals surface area (Å²) in [5, 5.41) is 5.74. The molecule has 8 nitrogen and oxygen atoms in total. The number of anilines is 2. The zero-order valence-electron chi connectivity index (χ0n) is 16.1. The van der Waals surface area contributed by atoms with Gasteiger partial charge in [-0.3, -0.25) is 4.79 Å². The number of urea groups is 1. The number of aromatic nitrogens is 1. The molecule has 0 unspecified atom stereocenters. The Bertz CT molecular complexity index is 842. The molecule has 1 fully saturated rings. The number of amides is 3. The Labute approximate surface area is 174 Å². The predicted octanol–water partition coefficient (Wildman–Crippen LogP) is 2.21. The first-order chi connectivity index (χ1) is 14.1. The van der Waals surface area contributed by atoms with Crippen LogP contribution in [0.4, 0.5) is 16.3 Å². The Morgan fingerprint density at radius 3 is 2.79 bits per heavy atom. The molecule has 1 aliphatic rings. The minimum Gasteiger partial charge on any atom is -0.378 e. The van der Waals surface area contributed by atoms with Crippen molar-refractivity contribution in [3.05, 3.63) is 48.2 Å². The van der Waals surface area contributed by atoms with Crippen LogP contribution in [0.25, 0.3) is 0 Å². The predicted molar refractivity (Wildman–Crippen MR) is 114 cm³/mol. The molecule has 9 heteroatoms. The largest absolute Gasteiger partial charge is 0.378 e. The van der Waals surface area contributed by atoms with Crippen molar-refractivity contribution in [2.45, 2.75) is 17.9 Å². The van der Waals surface area contributed by atoms with Gasteiger partial charge in [0.25, 0.3) is 0 Å². The lowest BCUT2D eigenvalue weighted by atomic mass is 10.2. The van der Waals surface area contributed by atoms with Gasteiger partial charge in [0.1, 0.15) is 5.82 Å². The molecule has 1 saturated heterocycles. The van der Waals surface area contributed by atoms with Crippen molar-refractivity contribution in [2.75, 3.05) is 42.3 Å². The molecule has 3 amide bonds. The summed E-state index contributed by atoms with van der Waals surface area (Å²) in [5.41, 5.74) is 6.85. The number of hydrogen-bond donors (Lipinski definition) is 3. The van der Waals surface area contributed by atoms with Gasteiger partial charge in [-0.1, -0.05) is 12.1 Å². The van der Waals surface area contributed by atoms with Crippen LogP contribution in [0, 0.1) is 0 Å². The lowest BCUT2D eigenvalue weighted by molar-refractivity contribution is -0.117. The number of morpholine rings is 1. The maximum Gasteiger partial charge on any atom is 0.319 e. The highest BCUT2D eigenvalue weighted by atomic mass is 32.2. The first kappa shape index (κ1) is 20.9. The Morgan fingerprint density at radius 2 is 2.00 bits per heavy atom. The monoisotopic (exact) mass is 415 g/mol. The first-order valence-corrected chi connectivity index (χ1v) is 10.4. The quantitative estimate of drug-likeness (QED) is 0.570. The number of hydrogen-bond acceptors (Lipinski definition) is 6. The molecule has 4 N–H and O–H groups in total. The molecule has 2 aromatic rings. The van der Waals surface area contributed by atoms with Gasteiger partial charge in [-0.25, -0.2) is 9.78 Å². The van der Waals surface area contributed by atoms with Crippen molar-refractivity contribution in [2.24, 2.45) is 5.73 Å².